The van der Waals surface area contributed by atoms with Crippen molar-refractivity contribution in [1.82, 2.24) is 9.97 Å². The number of aromatic nitrogens is 2. The van der Waals surface area contributed by atoms with Gasteiger partial charge in [-0.25, -0.2) is 4.98 Å². The molecule has 0 radical (unpaired) electrons. The van der Waals surface area contributed by atoms with Crippen LogP contribution in [0.2, 0.25) is 0 Å². The van der Waals surface area contributed by atoms with Gasteiger partial charge < -0.3 is 4.57 Å². The van der Waals surface area contributed by atoms with Crippen LogP contribution >= 0.6 is 7.14 Å². The second kappa shape index (κ2) is 12.1. The highest BCUT2D eigenvalue weighted by Gasteiger charge is 2.30. The van der Waals surface area contributed by atoms with Crippen LogP contribution in [0.3, 0.4) is 0 Å². The minimum absolute atomic E-state index is 0.804. The topological polar surface area (TPSA) is 42.9 Å². The van der Waals surface area contributed by atoms with E-state index in [0.717, 1.165) is 92.4 Å². The third kappa shape index (κ3) is 4.64. The van der Waals surface area contributed by atoms with E-state index < -0.39 is 7.14 Å². The van der Waals surface area contributed by atoms with Crippen LogP contribution in [0.1, 0.15) is 0 Å². The smallest absolute Gasteiger partial charge is 0.171 e. The third-order valence-electron chi connectivity index (χ3n) is 10.3. The van der Waals surface area contributed by atoms with Crippen LogP contribution in [0.25, 0.3) is 76.5 Å². The van der Waals surface area contributed by atoms with E-state index in [2.05, 4.69) is 109 Å². The van der Waals surface area contributed by atoms with Crippen molar-refractivity contribution < 1.29 is 4.57 Å². The fraction of sp³-hybridized carbons (Fsp3) is 0. The predicted octanol–water partition coefficient (Wildman–Crippen LogP) is 11.2. The number of rotatable bonds is 5. The van der Waals surface area contributed by atoms with Crippen LogP contribution in [-0.2, 0) is 4.57 Å². The first-order chi connectivity index (χ1) is 25.7. The molecule has 10 rings (SSSR count). The van der Waals surface area contributed by atoms with Crippen molar-refractivity contribution in [2.24, 2.45) is 0 Å². The minimum atomic E-state index is -3.19. The number of nitrogens with zero attached hydrogens (tertiary/aromatic N) is 2. The maximum atomic E-state index is 15.5. The third-order valence-corrected chi connectivity index (χ3v) is 13.4. The van der Waals surface area contributed by atoms with Crippen molar-refractivity contribution in [3.63, 3.8) is 0 Å². The first-order valence-electron chi connectivity index (χ1n) is 17.5. The summed E-state index contributed by atoms with van der Waals surface area (Å²) in [5.74, 6) is 0. The summed E-state index contributed by atoms with van der Waals surface area (Å²) in [6.45, 7) is 0. The quantitative estimate of drug-likeness (QED) is 0.103. The van der Waals surface area contributed by atoms with Crippen LogP contribution in [0.15, 0.2) is 188 Å². The van der Waals surface area contributed by atoms with E-state index in [-0.39, 0.29) is 0 Å². The number of pyridine rings is 2. The van der Waals surface area contributed by atoms with E-state index in [1.165, 1.54) is 0 Å². The minimum Gasteiger partial charge on any atom is -0.309 e. The Hall–Kier alpha value is -6.41. The lowest BCUT2D eigenvalue weighted by Gasteiger charge is -2.22. The monoisotopic (exact) mass is 682 g/mol. The zero-order valence-corrected chi connectivity index (χ0v) is 29.0. The summed E-state index contributed by atoms with van der Waals surface area (Å²) in [7, 11) is -3.19. The summed E-state index contributed by atoms with van der Waals surface area (Å²) < 4.78 is 15.5. The van der Waals surface area contributed by atoms with E-state index in [1.54, 1.807) is 0 Å². The average Bonchev–Trinajstić information content (AvgIpc) is 3.22. The standard InChI is InChI=1S/C48H31N2OP/c51-52(34-18-3-1-4-19-34,35-20-5-2-6-21-35)36-22-15-17-32(30-36)44-38-24-9-11-26-40(38)46(41-27-12-10-25-39(41)44)48-47-45(42-28-13-14-29-43(42)50-48)37-23-8-7-16-33(37)31-49-47/h1-31H. The molecular weight excluding hydrogens is 652 g/mol. The molecule has 0 aliphatic carbocycles. The fourth-order valence-corrected chi connectivity index (χ4v) is 10.7. The molecule has 10 aromatic rings. The van der Waals surface area contributed by atoms with Gasteiger partial charge in [-0.05, 0) is 50.2 Å². The van der Waals surface area contributed by atoms with E-state index in [9.17, 15) is 0 Å². The Morgan fingerprint density at radius 3 is 1.56 bits per heavy atom. The van der Waals surface area contributed by atoms with Gasteiger partial charge in [-0.3, -0.25) is 4.98 Å². The van der Waals surface area contributed by atoms with Gasteiger partial charge in [0, 0.05) is 43.8 Å². The van der Waals surface area contributed by atoms with E-state index in [0.29, 0.717) is 0 Å². The molecule has 2 aromatic heterocycles. The summed E-state index contributed by atoms with van der Waals surface area (Å²) in [5.41, 5.74) is 5.87. The molecule has 0 bridgehead atoms. The number of benzene rings is 8. The SMILES string of the molecule is O=P(c1ccccc1)(c1ccccc1)c1cccc(-c2c3ccccc3c(-c3nc4ccccc4c4c3ncc3ccccc34)c3ccccc23)c1. The Bertz CT molecular complexity index is 2930. The summed E-state index contributed by atoms with van der Waals surface area (Å²) in [6, 6.07) is 62.2. The van der Waals surface area contributed by atoms with E-state index in [1.807, 2.05) is 79.0 Å². The summed E-state index contributed by atoms with van der Waals surface area (Å²) in [5, 5.41) is 11.3. The molecular formula is C48H31N2OP. The van der Waals surface area contributed by atoms with Gasteiger partial charge in [-0.15, -0.1) is 0 Å². The van der Waals surface area contributed by atoms with E-state index in [4.69, 9.17) is 9.97 Å². The van der Waals surface area contributed by atoms with Crippen molar-refractivity contribution in [1.29, 1.82) is 0 Å². The van der Waals surface area contributed by atoms with Gasteiger partial charge in [0.15, 0.2) is 7.14 Å². The number of fused-ring (bicyclic) bond motifs is 7. The zero-order valence-electron chi connectivity index (χ0n) is 28.1. The van der Waals surface area contributed by atoms with Gasteiger partial charge >= 0.3 is 0 Å². The van der Waals surface area contributed by atoms with Crippen molar-refractivity contribution >= 4 is 77.2 Å². The highest BCUT2D eigenvalue weighted by molar-refractivity contribution is 7.85. The normalized spacial score (nSPS) is 11.9. The molecule has 52 heavy (non-hydrogen) atoms. The molecule has 0 amide bonds. The maximum Gasteiger partial charge on any atom is 0.171 e. The average molecular weight is 683 g/mol. The first kappa shape index (κ1) is 30.4. The highest BCUT2D eigenvalue weighted by Crippen LogP contribution is 2.47. The maximum absolute atomic E-state index is 15.5. The first-order valence-corrected chi connectivity index (χ1v) is 19.2. The molecule has 0 fully saturated rings. The molecule has 0 saturated heterocycles. The number of hydrogen-bond donors (Lipinski definition) is 0. The molecule has 0 aliphatic heterocycles. The van der Waals surface area contributed by atoms with Gasteiger partial charge in [0.05, 0.1) is 16.7 Å². The van der Waals surface area contributed by atoms with Crippen molar-refractivity contribution in [2.75, 3.05) is 0 Å². The molecule has 244 valence electrons. The van der Waals surface area contributed by atoms with Crippen molar-refractivity contribution in [3.8, 4) is 22.4 Å². The summed E-state index contributed by atoms with van der Waals surface area (Å²) >= 11 is 0. The Balaban J connectivity index is 1.29. The molecule has 0 spiro atoms. The Morgan fingerprint density at radius 2 is 0.923 bits per heavy atom. The largest absolute Gasteiger partial charge is 0.309 e. The van der Waals surface area contributed by atoms with Gasteiger partial charge in [0.25, 0.3) is 0 Å². The molecule has 4 heteroatoms. The summed E-state index contributed by atoms with van der Waals surface area (Å²) in [6.07, 6.45) is 1.97. The molecule has 0 unspecified atom stereocenters. The second-order valence-corrected chi connectivity index (χ2v) is 16.0. The fourth-order valence-electron chi connectivity index (χ4n) is 8.02. The molecule has 3 nitrogen and oxygen atoms in total. The Morgan fingerprint density at radius 1 is 0.423 bits per heavy atom. The Kier molecular flexibility index (Phi) is 7.09. The molecule has 0 aliphatic rings. The van der Waals surface area contributed by atoms with Crippen molar-refractivity contribution in [3.05, 3.63) is 188 Å². The lowest BCUT2D eigenvalue weighted by atomic mass is 9.86. The molecule has 8 aromatic carbocycles. The van der Waals surface area contributed by atoms with Gasteiger partial charge in [0.1, 0.15) is 0 Å². The van der Waals surface area contributed by atoms with Crippen LogP contribution in [-0.4, -0.2) is 9.97 Å². The molecule has 2 heterocycles. The molecule has 0 saturated carbocycles. The van der Waals surface area contributed by atoms with Gasteiger partial charge in [0.2, 0.25) is 0 Å². The lowest BCUT2D eigenvalue weighted by Crippen LogP contribution is -2.25. The highest BCUT2D eigenvalue weighted by atomic mass is 31.2. The Labute approximate surface area is 301 Å². The van der Waals surface area contributed by atoms with Crippen LogP contribution in [0.4, 0.5) is 0 Å². The number of hydrogen-bond acceptors (Lipinski definition) is 3. The second-order valence-electron chi connectivity index (χ2n) is 13.2. The van der Waals surface area contributed by atoms with Crippen molar-refractivity contribution in [2.45, 2.75) is 0 Å². The van der Waals surface area contributed by atoms with Gasteiger partial charge in [-0.1, -0.05) is 170 Å². The zero-order chi connectivity index (χ0) is 34.6. The lowest BCUT2D eigenvalue weighted by molar-refractivity contribution is 0.592. The molecule has 0 atom stereocenters. The van der Waals surface area contributed by atoms with Gasteiger partial charge in [-0.2, -0.15) is 0 Å². The number of para-hydroxylation sites is 1. The van der Waals surface area contributed by atoms with Crippen LogP contribution < -0.4 is 15.9 Å². The summed E-state index contributed by atoms with van der Waals surface area (Å²) in [4.78, 5) is 10.5. The van der Waals surface area contributed by atoms with E-state index >= 15 is 4.57 Å². The van der Waals surface area contributed by atoms with Crippen LogP contribution in [0.5, 0.6) is 0 Å². The van der Waals surface area contributed by atoms with Crippen LogP contribution in [0, 0.1) is 0 Å². The molecule has 0 N–H and O–H groups in total. The predicted molar refractivity (Wildman–Crippen MR) is 220 cm³/mol.